The Labute approximate surface area is 357 Å². The molecule has 0 heterocycles. The lowest BCUT2D eigenvalue weighted by atomic mass is 10.0. The SMILES string of the molecule is CCCCC/C=C/C/C=C/C/C=C/CCCCCCC(=O)OC[C@H](COP(=O)(O)O)OC(=O)CCCCCCCCCCCCCCCCCCCCCCCCC. The number of phosphoric ester groups is 1. The van der Waals surface area contributed by atoms with Crippen LogP contribution in [0.2, 0.25) is 0 Å². The summed E-state index contributed by atoms with van der Waals surface area (Å²) in [5.41, 5.74) is 0. The summed E-state index contributed by atoms with van der Waals surface area (Å²) >= 11 is 0. The Balaban J connectivity index is 3.83. The molecule has 0 aromatic heterocycles. The van der Waals surface area contributed by atoms with E-state index in [1.54, 1.807) is 0 Å². The summed E-state index contributed by atoms with van der Waals surface area (Å²) in [6.07, 6.45) is 54.5. The lowest BCUT2D eigenvalue weighted by Crippen LogP contribution is -2.29. The second-order valence-corrected chi connectivity index (χ2v) is 17.7. The van der Waals surface area contributed by atoms with Crippen molar-refractivity contribution in [3.05, 3.63) is 36.5 Å². The van der Waals surface area contributed by atoms with E-state index >= 15 is 0 Å². The number of rotatable bonds is 45. The van der Waals surface area contributed by atoms with E-state index in [0.717, 1.165) is 57.8 Å². The van der Waals surface area contributed by atoms with Crippen LogP contribution in [0, 0.1) is 0 Å². The summed E-state index contributed by atoms with van der Waals surface area (Å²) in [7, 11) is -4.76. The molecule has 8 nitrogen and oxygen atoms in total. The van der Waals surface area contributed by atoms with E-state index in [1.807, 2.05) is 0 Å². The molecule has 0 rings (SSSR count). The predicted octanol–water partition coefficient (Wildman–Crippen LogP) is 15.3. The van der Waals surface area contributed by atoms with Crippen LogP contribution in [0.25, 0.3) is 0 Å². The first kappa shape index (κ1) is 56.3. The molecule has 9 heteroatoms. The van der Waals surface area contributed by atoms with Gasteiger partial charge in [-0.25, -0.2) is 4.57 Å². The third-order valence-electron chi connectivity index (χ3n) is 10.7. The second-order valence-electron chi connectivity index (χ2n) is 16.4. The number of phosphoric acid groups is 1. The minimum absolute atomic E-state index is 0.211. The fourth-order valence-electron chi connectivity index (χ4n) is 7.03. The molecule has 1 atom stereocenters. The largest absolute Gasteiger partial charge is 0.469 e. The van der Waals surface area contributed by atoms with Crippen LogP contribution in [-0.4, -0.2) is 41.0 Å². The fraction of sp³-hybridized carbons (Fsp3) is 0.837. The van der Waals surface area contributed by atoms with Gasteiger partial charge in [-0.05, 0) is 51.4 Å². The summed E-state index contributed by atoms with van der Waals surface area (Å²) < 4.78 is 26.5. The Morgan fingerprint density at radius 3 is 1.19 bits per heavy atom. The molecule has 0 aliphatic heterocycles. The van der Waals surface area contributed by atoms with Crippen LogP contribution in [0.1, 0.15) is 245 Å². The van der Waals surface area contributed by atoms with E-state index in [0.29, 0.717) is 12.8 Å². The van der Waals surface area contributed by atoms with E-state index in [1.165, 1.54) is 148 Å². The number of esters is 2. The second kappa shape index (κ2) is 44.8. The fourth-order valence-corrected chi connectivity index (χ4v) is 7.39. The normalized spacial score (nSPS) is 12.7. The maximum Gasteiger partial charge on any atom is 0.469 e. The molecule has 0 bridgehead atoms. The molecule has 0 spiro atoms. The van der Waals surface area contributed by atoms with Crippen LogP contribution in [0.4, 0.5) is 0 Å². The lowest BCUT2D eigenvalue weighted by Gasteiger charge is -2.18. The molecule has 2 N–H and O–H groups in total. The molecular formula is C49H91O8P. The number of hydrogen-bond acceptors (Lipinski definition) is 6. The van der Waals surface area contributed by atoms with Crippen molar-refractivity contribution in [1.82, 2.24) is 0 Å². The van der Waals surface area contributed by atoms with E-state index in [9.17, 15) is 14.2 Å². The Morgan fingerprint density at radius 2 is 0.776 bits per heavy atom. The molecular weight excluding hydrogens is 748 g/mol. The van der Waals surface area contributed by atoms with Gasteiger partial charge in [-0.2, -0.15) is 0 Å². The van der Waals surface area contributed by atoms with Gasteiger partial charge in [0.25, 0.3) is 0 Å². The average Bonchev–Trinajstić information content (AvgIpc) is 3.20. The van der Waals surface area contributed by atoms with E-state index < -0.39 is 32.5 Å². The van der Waals surface area contributed by atoms with Crippen molar-refractivity contribution in [2.24, 2.45) is 0 Å². The highest BCUT2D eigenvalue weighted by Gasteiger charge is 2.23. The molecule has 0 saturated carbocycles. The number of ether oxygens (including phenoxy) is 2. The smallest absolute Gasteiger partial charge is 0.462 e. The monoisotopic (exact) mass is 839 g/mol. The number of carbonyl (C=O) groups excluding carboxylic acids is 2. The van der Waals surface area contributed by atoms with Gasteiger partial charge in [-0.3, -0.25) is 14.1 Å². The van der Waals surface area contributed by atoms with Crippen molar-refractivity contribution >= 4 is 19.8 Å². The van der Waals surface area contributed by atoms with Crippen LogP contribution < -0.4 is 0 Å². The van der Waals surface area contributed by atoms with Gasteiger partial charge in [-0.15, -0.1) is 0 Å². The highest BCUT2D eigenvalue weighted by molar-refractivity contribution is 7.46. The standard InChI is InChI=1S/C49H91O8P/c1-3-5-7-9-11-13-15-17-19-21-22-23-24-25-26-28-30-32-34-36-38-40-42-44-49(51)57-47(46-56-58(52,53)54)45-55-48(50)43-41-39-37-35-33-31-29-27-20-18-16-14-12-10-8-6-4-2/h12,14,18,20,29,31,47H,3-11,13,15-17,19,21-28,30,32-46H2,1-2H3,(H2,52,53,54)/b14-12+,20-18+,31-29+/t47-/m1/s1. The Morgan fingerprint density at radius 1 is 0.448 bits per heavy atom. The zero-order chi connectivity index (χ0) is 42.5. The minimum Gasteiger partial charge on any atom is -0.462 e. The first-order valence-electron chi connectivity index (χ1n) is 24.3. The Kier molecular flexibility index (Phi) is 43.5. The number of allylic oxidation sites excluding steroid dienone is 6. The van der Waals surface area contributed by atoms with Gasteiger partial charge in [0.15, 0.2) is 6.10 Å². The molecule has 0 fully saturated rings. The molecule has 0 amide bonds. The summed E-state index contributed by atoms with van der Waals surface area (Å²) in [5.74, 6) is -0.899. The van der Waals surface area contributed by atoms with Crippen LogP contribution in [0.15, 0.2) is 36.5 Å². The van der Waals surface area contributed by atoms with Gasteiger partial charge in [0.05, 0.1) is 6.61 Å². The first-order chi connectivity index (χ1) is 28.3. The molecule has 0 aliphatic rings. The van der Waals surface area contributed by atoms with Crippen LogP contribution in [0.5, 0.6) is 0 Å². The lowest BCUT2D eigenvalue weighted by molar-refractivity contribution is -0.161. The van der Waals surface area contributed by atoms with Gasteiger partial charge in [0.2, 0.25) is 0 Å². The minimum atomic E-state index is -4.76. The molecule has 58 heavy (non-hydrogen) atoms. The van der Waals surface area contributed by atoms with E-state index in [2.05, 4.69) is 54.8 Å². The molecule has 0 radical (unpaired) electrons. The van der Waals surface area contributed by atoms with Gasteiger partial charge in [0.1, 0.15) is 6.61 Å². The molecule has 0 aromatic rings. The number of unbranched alkanes of at least 4 members (excludes halogenated alkanes) is 29. The molecule has 0 aliphatic carbocycles. The van der Waals surface area contributed by atoms with Gasteiger partial charge in [-0.1, -0.05) is 217 Å². The molecule has 0 aromatic carbocycles. The van der Waals surface area contributed by atoms with E-state index in [4.69, 9.17) is 19.3 Å². The van der Waals surface area contributed by atoms with Crippen LogP contribution in [0.3, 0.4) is 0 Å². The van der Waals surface area contributed by atoms with Crippen molar-refractivity contribution in [1.29, 1.82) is 0 Å². The van der Waals surface area contributed by atoms with Crippen molar-refractivity contribution in [3.8, 4) is 0 Å². The van der Waals surface area contributed by atoms with Gasteiger partial charge in [0, 0.05) is 12.8 Å². The zero-order valence-corrected chi connectivity index (χ0v) is 38.6. The molecule has 0 saturated heterocycles. The maximum atomic E-state index is 12.5. The Bertz CT molecular complexity index is 1040. The summed E-state index contributed by atoms with van der Waals surface area (Å²) in [6, 6.07) is 0. The topological polar surface area (TPSA) is 119 Å². The quantitative estimate of drug-likeness (QED) is 0.0269. The first-order valence-corrected chi connectivity index (χ1v) is 25.8. The summed E-state index contributed by atoms with van der Waals surface area (Å²) in [5, 5.41) is 0. The third kappa shape index (κ3) is 47.0. The Hall–Kier alpha value is -1.73. The highest BCUT2D eigenvalue weighted by atomic mass is 31.2. The van der Waals surface area contributed by atoms with Crippen molar-refractivity contribution in [3.63, 3.8) is 0 Å². The van der Waals surface area contributed by atoms with E-state index in [-0.39, 0.29) is 19.4 Å². The number of carbonyl (C=O) groups is 2. The van der Waals surface area contributed by atoms with Crippen LogP contribution >= 0.6 is 7.82 Å². The zero-order valence-electron chi connectivity index (χ0n) is 37.7. The van der Waals surface area contributed by atoms with Crippen LogP contribution in [-0.2, 0) is 28.2 Å². The van der Waals surface area contributed by atoms with Crippen molar-refractivity contribution in [2.75, 3.05) is 13.2 Å². The molecule has 0 unspecified atom stereocenters. The average molecular weight is 839 g/mol. The maximum absolute atomic E-state index is 12.5. The summed E-state index contributed by atoms with van der Waals surface area (Å²) in [4.78, 5) is 43.0. The summed E-state index contributed by atoms with van der Waals surface area (Å²) in [6.45, 7) is 3.67. The van der Waals surface area contributed by atoms with Gasteiger partial charge >= 0.3 is 19.8 Å². The van der Waals surface area contributed by atoms with Gasteiger partial charge < -0.3 is 19.3 Å². The van der Waals surface area contributed by atoms with Crippen molar-refractivity contribution < 1.29 is 37.9 Å². The van der Waals surface area contributed by atoms with Crippen molar-refractivity contribution in [2.45, 2.75) is 251 Å². The predicted molar refractivity (Wildman–Crippen MR) is 244 cm³/mol. The third-order valence-corrected chi connectivity index (χ3v) is 11.1. The highest BCUT2D eigenvalue weighted by Crippen LogP contribution is 2.36. The number of hydrogen-bond donors (Lipinski definition) is 2. The molecule has 340 valence electrons.